The first-order chi connectivity index (χ1) is 13.5. The van der Waals surface area contributed by atoms with Crippen molar-refractivity contribution in [1.29, 1.82) is 0 Å². The zero-order chi connectivity index (χ0) is 19.3. The second kappa shape index (κ2) is 6.76. The Kier molecular flexibility index (Phi) is 4.22. The van der Waals surface area contributed by atoms with Gasteiger partial charge in [-0.15, -0.1) is 0 Å². The summed E-state index contributed by atoms with van der Waals surface area (Å²) < 4.78 is 10.8. The maximum absolute atomic E-state index is 12.2. The highest BCUT2D eigenvalue weighted by Crippen LogP contribution is 2.52. The van der Waals surface area contributed by atoms with Crippen LogP contribution in [0.2, 0.25) is 0 Å². The fourth-order valence-corrected chi connectivity index (χ4v) is 5.55. The summed E-state index contributed by atoms with van der Waals surface area (Å²) in [5.41, 5.74) is 4.79. The van der Waals surface area contributed by atoms with Crippen LogP contribution in [0.15, 0.2) is 38.6 Å². The molecule has 1 aromatic carbocycles. The van der Waals surface area contributed by atoms with Crippen molar-refractivity contribution in [2.45, 2.75) is 39.0 Å². The number of carbonyl (C=O) groups is 1. The molecule has 28 heavy (non-hydrogen) atoms. The van der Waals surface area contributed by atoms with E-state index in [1.165, 1.54) is 43.9 Å². The van der Waals surface area contributed by atoms with Gasteiger partial charge in [0.2, 0.25) is 0 Å². The lowest BCUT2D eigenvalue weighted by atomic mass is 9.55. The molecule has 0 saturated heterocycles. The Morgan fingerprint density at radius 2 is 1.86 bits per heavy atom. The van der Waals surface area contributed by atoms with Crippen molar-refractivity contribution >= 4 is 22.6 Å². The minimum atomic E-state index is -0.397. The van der Waals surface area contributed by atoms with E-state index in [4.69, 9.17) is 9.15 Å². The molecule has 6 rings (SSSR count). The van der Waals surface area contributed by atoms with Crippen molar-refractivity contribution in [3.8, 4) is 5.75 Å². The third kappa shape index (κ3) is 3.21. The molecular formula is C22H24N2O4. The average molecular weight is 380 g/mol. The molecule has 1 heterocycles. The second-order valence-electron chi connectivity index (χ2n) is 8.57. The van der Waals surface area contributed by atoms with Crippen molar-refractivity contribution in [2.75, 3.05) is 6.61 Å². The molecule has 0 radical (unpaired) electrons. The number of nitrogens with one attached hydrogen (secondary N) is 1. The van der Waals surface area contributed by atoms with E-state index in [2.05, 4.69) is 10.5 Å². The lowest BCUT2D eigenvalue weighted by molar-refractivity contribution is -0.123. The predicted molar refractivity (Wildman–Crippen MR) is 105 cm³/mol. The molecule has 4 fully saturated rings. The first kappa shape index (κ1) is 17.5. The normalized spacial score (nSPS) is 27.8. The molecular weight excluding hydrogens is 356 g/mol. The zero-order valence-corrected chi connectivity index (χ0v) is 15.9. The van der Waals surface area contributed by atoms with Crippen LogP contribution in [-0.2, 0) is 4.79 Å². The summed E-state index contributed by atoms with van der Waals surface area (Å²) in [7, 11) is 0. The molecule has 0 spiro atoms. The number of hydrazone groups is 1. The first-order valence-corrected chi connectivity index (χ1v) is 10.1. The molecule has 0 atom stereocenters. The lowest BCUT2D eigenvalue weighted by Crippen LogP contribution is -2.46. The van der Waals surface area contributed by atoms with E-state index in [1.807, 2.05) is 13.0 Å². The standard InChI is InChI=1S/C22H24N2O4/c1-12-4-21(26)28-19-10-17(2-3-18(12)19)27-11-20(25)23-24-22-15-6-13-5-14(8-15)9-16(22)7-13/h2-4,10,13-16H,5-9,11H2,1H3,(H,23,25). The van der Waals surface area contributed by atoms with Crippen molar-refractivity contribution in [1.82, 2.24) is 5.43 Å². The summed E-state index contributed by atoms with van der Waals surface area (Å²) in [4.78, 5) is 23.7. The summed E-state index contributed by atoms with van der Waals surface area (Å²) in [5.74, 6) is 3.08. The van der Waals surface area contributed by atoms with Crippen LogP contribution in [-0.4, -0.2) is 18.2 Å². The van der Waals surface area contributed by atoms with Crippen LogP contribution in [0.25, 0.3) is 11.0 Å². The molecule has 4 bridgehead atoms. The third-order valence-corrected chi connectivity index (χ3v) is 6.58. The molecule has 146 valence electrons. The van der Waals surface area contributed by atoms with Crippen LogP contribution >= 0.6 is 0 Å². The Morgan fingerprint density at radius 1 is 1.14 bits per heavy atom. The van der Waals surface area contributed by atoms with E-state index >= 15 is 0 Å². The van der Waals surface area contributed by atoms with E-state index in [0.29, 0.717) is 23.2 Å². The van der Waals surface area contributed by atoms with E-state index < -0.39 is 5.63 Å². The van der Waals surface area contributed by atoms with Gasteiger partial charge in [0.25, 0.3) is 5.91 Å². The van der Waals surface area contributed by atoms with E-state index in [-0.39, 0.29) is 12.5 Å². The first-order valence-electron chi connectivity index (χ1n) is 10.1. The van der Waals surface area contributed by atoms with E-state index in [0.717, 1.165) is 22.8 Å². The summed E-state index contributed by atoms with van der Waals surface area (Å²) in [6, 6.07) is 6.70. The molecule has 1 amide bonds. The quantitative estimate of drug-likeness (QED) is 0.651. The topological polar surface area (TPSA) is 80.9 Å². The Bertz CT molecular complexity index is 993. The Balaban J connectivity index is 1.22. The maximum Gasteiger partial charge on any atom is 0.336 e. The smallest absolute Gasteiger partial charge is 0.336 e. The number of fused-ring (bicyclic) bond motifs is 1. The number of rotatable bonds is 4. The van der Waals surface area contributed by atoms with Crippen LogP contribution < -0.4 is 15.8 Å². The van der Waals surface area contributed by atoms with Crippen molar-refractivity contribution < 1.29 is 13.9 Å². The molecule has 2 aromatic rings. The average Bonchev–Trinajstić information content (AvgIpc) is 2.65. The number of carbonyl (C=O) groups excluding carboxylic acids is 1. The molecule has 4 saturated carbocycles. The summed E-state index contributed by atoms with van der Waals surface area (Å²) in [5, 5.41) is 5.34. The van der Waals surface area contributed by atoms with Gasteiger partial charge in [0.05, 0.1) is 0 Å². The number of aryl methyl sites for hydroxylation is 1. The number of hydrogen-bond acceptors (Lipinski definition) is 5. The van der Waals surface area contributed by atoms with Gasteiger partial charge in [-0.1, -0.05) is 0 Å². The highest BCUT2D eigenvalue weighted by atomic mass is 16.5. The van der Waals surface area contributed by atoms with Gasteiger partial charge >= 0.3 is 5.63 Å². The van der Waals surface area contributed by atoms with Gasteiger partial charge in [-0.05, 0) is 80.4 Å². The van der Waals surface area contributed by atoms with Crippen LogP contribution in [0, 0.1) is 30.6 Å². The summed E-state index contributed by atoms with van der Waals surface area (Å²) in [6.45, 7) is 1.73. The van der Waals surface area contributed by atoms with Gasteiger partial charge in [0.15, 0.2) is 6.61 Å². The molecule has 4 aliphatic carbocycles. The van der Waals surface area contributed by atoms with Gasteiger partial charge in [-0.2, -0.15) is 5.10 Å². The van der Waals surface area contributed by atoms with Gasteiger partial charge in [0, 0.05) is 23.2 Å². The largest absolute Gasteiger partial charge is 0.484 e. The molecule has 6 heteroatoms. The lowest BCUT2D eigenvalue weighted by Gasteiger charge is -2.50. The van der Waals surface area contributed by atoms with Crippen molar-refractivity contribution in [2.24, 2.45) is 28.8 Å². The predicted octanol–water partition coefficient (Wildman–Crippen LogP) is 3.41. The van der Waals surface area contributed by atoms with Gasteiger partial charge in [0.1, 0.15) is 11.3 Å². The monoisotopic (exact) mass is 380 g/mol. The molecule has 4 aliphatic rings. The highest BCUT2D eigenvalue weighted by Gasteiger charge is 2.46. The number of ether oxygens (including phenoxy) is 1. The fourth-order valence-electron chi connectivity index (χ4n) is 5.55. The summed E-state index contributed by atoms with van der Waals surface area (Å²) >= 11 is 0. The highest BCUT2D eigenvalue weighted by molar-refractivity contribution is 5.92. The minimum Gasteiger partial charge on any atom is -0.484 e. The zero-order valence-electron chi connectivity index (χ0n) is 15.9. The van der Waals surface area contributed by atoms with Crippen molar-refractivity contribution in [3.05, 3.63) is 40.2 Å². The molecule has 0 unspecified atom stereocenters. The van der Waals surface area contributed by atoms with Gasteiger partial charge < -0.3 is 9.15 Å². The Labute approximate surface area is 162 Å². The number of nitrogens with zero attached hydrogens (tertiary/aromatic N) is 1. The molecule has 1 N–H and O–H groups in total. The molecule has 6 nitrogen and oxygen atoms in total. The SMILES string of the molecule is Cc1cc(=O)oc2cc(OCC(=O)NN=C3C4CC5CC(C4)CC3C5)ccc12. The number of benzene rings is 1. The molecule has 0 aliphatic heterocycles. The Morgan fingerprint density at radius 3 is 2.57 bits per heavy atom. The number of amides is 1. The van der Waals surface area contributed by atoms with Gasteiger partial charge in [-0.25, -0.2) is 10.2 Å². The molecule has 1 aromatic heterocycles. The van der Waals surface area contributed by atoms with Gasteiger partial charge in [-0.3, -0.25) is 4.79 Å². The number of hydrogen-bond donors (Lipinski definition) is 1. The van der Waals surface area contributed by atoms with Crippen LogP contribution in [0.5, 0.6) is 5.75 Å². The second-order valence-corrected chi connectivity index (χ2v) is 8.57. The van der Waals surface area contributed by atoms with Crippen LogP contribution in [0.3, 0.4) is 0 Å². The van der Waals surface area contributed by atoms with Crippen LogP contribution in [0.4, 0.5) is 0 Å². The fraction of sp³-hybridized carbons (Fsp3) is 0.500. The third-order valence-electron chi connectivity index (χ3n) is 6.58. The Hall–Kier alpha value is -2.63. The van der Waals surface area contributed by atoms with E-state index in [1.54, 1.807) is 12.1 Å². The van der Waals surface area contributed by atoms with Crippen molar-refractivity contribution in [3.63, 3.8) is 0 Å². The maximum atomic E-state index is 12.2. The van der Waals surface area contributed by atoms with Crippen LogP contribution in [0.1, 0.15) is 37.7 Å². The minimum absolute atomic E-state index is 0.126. The van der Waals surface area contributed by atoms with E-state index in [9.17, 15) is 9.59 Å². The summed E-state index contributed by atoms with van der Waals surface area (Å²) in [6.07, 6.45) is 6.34.